The predicted molar refractivity (Wildman–Crippen MR) is 123 cm³/mol. The molecule has 0 aromatic heterocycles. The van der Waals surface area contributed by atoms with E-state index in [1.54, 1.807) is 6.08 Å². The maximum Gasteiger partial charge on any atom is 0.305 e. The summed E-state index contributed by atoms with van der Waals surface area (Å²) in [6.45, 7) is 11.2. The van der Waals surface area contributed by atoms with Gasteiger partial charge in [-0.1, -0.05) is 20.3 Å². The van der Waals surface area contributed by atoms with Gasteiger partial charge < -0.3 is 14.9 Å². The lowest BCUT2D eigenvalue weighted by Crippen LogP contribution is -2.62. The summed E-state index contributed by atoms with van der Waals surface area (Å²) in [6.07, 6.45) is 8.13. The van der Waals surface area contributed by atoms with E-state index in [1.165, 1.54) is 25.7 Å². The largest absolute Gasteiger partial charge is 0.481 e. The van der Waals surface area contributed by atoms with Gasteiger partial charge in [-0.05, 0) is 62.7 Å². The van der Waals surface area contributed by atoms with Crippen molar-refractivity contribution in [3.05, 3.63) is 11.8 Å². The molecule has 0 aromatic rings. The summed E-state index contributed by atoms with van der Waals surface area (Å²) in [6, 6.07) is 0. The van der Waals surface area contributed by atoms with Gasteiger partial charge in [-0.2, -0.15) is 0 Å². The second kappa shape index (κ2) is 8.49. The first-order valence-electron chi connectivity index (χ1n) is 12.7. The van der Waals surface area contributed by atoms with Gasteiger partial charge >= 0.3 is 5.97 Å². The molecule has 3 fully saturated rings. The van der Waals surface area contributed by atoms with Crippen LogP contribution in [0.15, 0.2) is 11.8 Å². The molecule has 4 aliphatic rings. The molecule has 1 amide bonds. The zero-order valence-electron chi connectivity index (χ0n) is 20.2. The zero-order valence-corrected chi connectivity index (χ0v) is 20.2. The maximum absolute atomic E-state index is 13.7. The molecule has 0 bridgehead atoms. The number of fused-ring (bicyclic) bond motifs is 5. The average Bonchev–Trinajstić information content (AvgIpc) is 3.15. The molecule has 1 saturated heterocycles. The van der Waals surface area contributed by atoms with Crippen molar-refractivity contribution < 1.29 is 19.5 Å². The summed E-state index contributed by atoms with van der Waals surface area (Å²) in [4.78, 5) is 42.1. The van der Waals surface area contributed by atoms with Gasteiger partial charge in [-0.15, -0.1) is 0 Å². The number of carbonyl (C=O) groups excluding carboxylic acids is 2. The Kier molecular flexibility index (Phi) is 6.19. The van der Waals surface area contributed by atoms with E-state index in [2.05, 4.69) is 18.7 Å². The third-order valence-electron chi connectivity index (χ3n) is 9.71. The van der Waals surface area contributed by atoms with Crippen molar-refractivity contribution in [3.63, 3.8) is 0 Å². The van der Waals surface area contributed by atoms with Gasteiger partial charge in [0.2, 0.25) is 5.91 Å². The van der Waals surface area contributed by atoms with Crippen LogP contribution in [-0.2, 0) is 14.4 Å². The summed E-state index contributed by atoms with van der Waals surface area (Å²) in [5, 5.41) is 9.38. The van der Waals surface area contributed by atoms with Crippen molar-refractivity contribution in [1.29, 1.82) is 0 Å². The van der Waals surface area contributed by atoms with Crippen LogP contribution >= 0.6 is 0 Å². The molecular weight excluding hydrogens is 404 g/mol. The number of piperidine rings is 1. The molecule has 6 atom stereocenters. The molecule has 1 N–H and O–H groups in total. The minimum absolute atomic E-state index is 0.00303. The van der Waals surface area contributed by atoms with E-state index in [4.69, 9.17) is 0 Å². The number of carbonyl (C=O) groups is 3. The molecule has 1 heterocycles. The highest BCUT2D eigenvalue weighted by Crippen LogP contribution is 2.65. The van der Waals surface area contributed by atoms with Crippen LogP contribution in [0.2, 0.25) is 0 Å². The third-order valence-corrected chi connectivity index (χ3v) is 9.71. The first-order chi connectivity index (χ1) is 15.2. The quantitative estimate of drug-likeness (QED) is 0.671. The summed E-state index contributed by atoms with van der Waals surface area (Å²) >= 11 is 0. The van der Waals surface area contributed by atoms with Crippen LogP contribution in [0.1, 0.15) is 72.6 Å². The maximum atomic E-state index is 13.7. The minimum Gasteiger partial charge on any atom is -0.481 e. The number of carboxylic acids is 1. The van der Waals surface area contributed by atoms with Crippen molar-refractivity contribution in [3.8, 4) is 0 Å². The highest BCUT2D eigenvalue weighted by molar-refractivity contribution is 5.96. The number of hydrogen-bond donors (Lipinski definition) is 1. The number of likely N-dealkylation sites (tertiary alicyclic amines) is 1. The zero-order chi connectivity index (χ0) is 23.3. The van der Waals surface area contributed by atoms with Gasteiger partial charge in [0.05, 0.1) is 12.3 Å². The summed E-state index contributed by atoms with van der Waals surface area (Å²) in [7, 11) is 0. The number of carboxylic acid groups (broad SMARTS) is 1. The Bertz CT molecular complexity index is 819. The highest BCUT2D eigenvalue weighted by atomic mass is 16.4. The SMILES string of the molecule is CCN(CC)C(=O)C1CC(=O)C=C2N(CCC(=O)O)C[C@@H]3[C@@H](CC[C@]4(C)CCC[C@@H]34)[C@]21C. The van der Waals surface area contributed by atoms with Crippen LogP contribution in [-0.4, -0.2) is 58.7 Å². The fourth-order valence-electron chi connectivity index (χ4n) is 8.01. The highest BCUT2D eigenvalue weighted by Gasteiger charge is 2.62. The van der Waals surface area contributed by atoms with Crippen LogP contribution in [0.25, 0.3) is 0 Å². The Morgan fingerprint density at radius 3 is 2.53 bits per heavy atom. The smallest absolute Gasteiger partial charge is 0.305 e. The first kappa shape index (κ1) is 23.3. The topological polar surface area (TPSA) is 77.9 Å². The van der Waals surface area contributed by atoms with Crippen LogP contribution < -0.4 is 0 Å². The van der Waals surface area contributed by atoms with Crippen LogP contribution in [0.5, 0.6) is 0 Å². The standard InChI is InChI=1S/C26H40N2O4/c1-5-27(6-2)24(32)21-14-17(29)15-22-26(21,4)20-9-12-25(3)11-7-8-19(25)18(20)16-28(22)13-10-23(30)31/h15,18-21H,5-14,16H2,1-4H3,(H,30,31)/t18-,19-,20+,21?,25-,26-/m0/s1. The van der Waals surface area contributed by atoms with E-state index in [0.29, 0.717) is 42.8 Å². The number of aliphatic carboxylic acids is 1. The van der Waals surface area contributed by atoms with E-state index < -0.39 is 11.4 Å². The van der Waals surface area contributed by atoms with Gasteiger partial charge in [-0.3, -0.25) is 14.4 Å². The van der Waals surface area contributed by atoms with E-state index in [-0.39, 0.29) is 30.4 Å². The second-order valence-electron chi connectivity index (χ2n) is 11.1. The molecule has 32 heavy (non-hydrogen) atoms. The molecule has 4 rings (SSSR count). The number of nitrogens with zero attached hydrogens (tertiary/aromatic N) is 2. The number of amides is 1. The fraction of sp³-hybridized carbons (Fsp3) is 0.808. The molecule has 3 aliphatic carbocycles. The number of ketones is 1. The minimum atomic E-state index is -0.818. The van der Waals surface area contributed by atoms with E-state index in [0.717, 1.165) is 18.7 Å². The van der Waals surface area contributed by atoms with Gasteiger partial charge in [0.25, 0.3) is 0 Å². The Labute approximate surface area is 192 Å². The van der Waals surface area contributed by atoms with Gasteiger partial charge in [-0.25, -0.2) is 0 Å². The van der Waals surface area contributed by atoms with Crippen LogP contribution in [0.3, 0.4) is 0 Å². The van der Waals surface area contributed by atoms with Gasteiger partial charge in [0.15, 0.2) is 5.78 Å². The third kappa shape index (κ3) is 3.58. The monoisotopic (exact) mass is 444 g/mol. The fourth-order valence-corrected chi connectivity index (χ4v) is 8.01. The lowest BCUT2D eigenvalue weighted by Gasteiger charge is -2.62. The molecule has 0 radical (unpaired) electrons. The Morgan fingerprint density at radius 2 is 1.88 bits per heavy atom. The Hall–Kier alpha value is -1.85. The van der Waals surface area contributed by atoms with Crippen LogP contribution in [0.4, 0.5) is 0 Å². The van der Waals surface area contributed by atoms with E-state index >= 15 is 0 Å². The molecule has 6 heteroatoms. The number of rotatable bonds is 6. The van der Waals surface area contributed by atoms with E-state index in [1.807, 2.05) is 18.7 Å². The summed E-state index contributed by atoms with van der Waals surface area (Å²) in [5.74, 6) is 0.352. The molecular formula is C26H40N2O4. The van der Waals surface area contributed by atoms with Crippen molar-refractivity contribution in [2.45, 2.75) is 72.6 Å². The van der Waals surface area contributed by atoms with Gasteiger partial charge in [0, 0.05) is 49.8 Å². The lowest BCUT2D eigenvalue weighted by molar-refractivity contribution is -0.152. The molecule has 0 spiro atoms. The molecule has 1 unspecified atom stereocenters. The first-order valence-corrected chi connectivity index (χ1v) is 12.7. The molecule has 2 saturated carbocycles. The van der Waals surface area contributed by atoms with E-state index in [9.17, 15) is 19.5 Å². The predicted octanol–water partition coefficient (Wildman–Crippen LogP) is 3.96. The van der Waals surface area contributed by atoms with Crippen molar-refractivity contribution in [2.24, 2.45) is 34.5 Å². The number of allylic oxidation sites excluding steroid dienone is 2. The summed E-state index contributed by atoms with van der Waals surface area (Å²) in [5.41, 5.74) is 0.877. The Balaban J connectivity index is 1.79. The molecule has 0 aromatic carbocycles. The van der Waals surface area contributed by atoms with Crippen molar-refractivity contribution in [2.75, 3.05) is 26.2 Å². The molecule has 1 aliphatic heterocycles. The molecule has 6 nitrogen and oxygen atoms in total. The normalized spacial score (nSPS) is 38.4. The lowest BCUT2D eigenvalue weighted by atomic mass is 9.48. The Morgan fingerprint density at radius 1 is 1.16 bits per heavy atom. The second-order valence-corrected chi connectivity index (χ2v) is 11.1. The average molecular weight is 445 g/mol. The summed E-state index contributed by atoms with van der Waals surface area (Å²) < 4.78 is 0. The van der Waals surface area contributed by atoms with Crippen molar-refractivity contribution in [1.82, 2.24) is 9.80 Å². The van der Waals surface area contributed by atoms with Crippen molar-refractivity contribution >= 4 is 17.7 Å². The molecule has 178 valence electrons. The van der Waals surface area contributed by atoms with Gasteiger partial charge in [0.1, 0.15) is 0 Å². The number of hydrogen-bond acceptors (Lipinski definition) is 4. The van der Waals surface area contributed by atoms with Crippen LogP contribution in [0, 0.1) is 34.5 Å².